The van der Waals surface area contributed by atoms with Gasteiger partial charge in [0.25, 0.3) is 5.56 Å². The van der Waals surface area contributed by atoms with Crippen LogP contribution < -0.4 is 17.0 Å². The van der Waals surface area contributed by atoms with E-state index in [1.807, 2.05) is 0 Å². The van der Waals surface area contributed by atoms with E-state index in [1.165, 1.54) is 18.4 Å². The number of amides is 1. The number of aryl methyl sites for hydroxylation is 1. The van der Waals surface area contributed by atoms with Crippen molar-refractivity contribution in [2.45, 2.75) is 4.90 Å². The second kappa shape index (κ2) is 6.26. The summed E-state index contributed by atoms with van der Waals surface area (Å²) in [6.07, 6.45) is 1.04. The fourth-order valence-electron chi connectivity index (χ4n) is 2.44. The van der Waals surface area contributed by atoms with Gasteiger partial charge >= 0.3 is 5.69 Å². The number of rotatable bonds is 4. The van der Waals surface area contributed by atoms with Crippen molar-refractivity contribution in [2.75, 3.05) is 32.7 Å². The van der Waals surface area contributed by atoms with Crippen molar-refractivity contribution < 1.29 is 13.2 Å². The topological polar surface area (TPSA) is 128 Å². The summed E-state index contributed by atoms with van der Waals surface area (Å²) in [7, 11) is -1.40. The lowest BCUT2D eigenvalue weighted by Crippen LogP contribution is -2.51. The lowest BCUT2D eigenvalue weighted by atomic mass is 10.3. The van der Waals surface area contributed by atoms with Crippen LogP contribution in [0.5, 0.6) is 0 Å². The van der Waals surface area contributed by atoms with Gasteiger partial charge in [-0.3, -0.25) is 19.1 Å². The zero-order chi connectivity index (χ0) is 17.4. The van der Waals surface area contributed by atoms with Crippen LogP contribution in [0.15, 0.2) is 20.7 Å². The monoisotopic (exact) mass is 345 g/mol. The Morgan fingerprint density at radius 2 is 1.74 bits per heavy atom. The first kappa shape index (κ1) is 17.4. The Kier molecular flexibility index (Phi) is 4.73. The highest BCUT2D eigenvalue weighted by molar-refractivity contribution is 7.89. The van der Waals surface area contributed by atoms with Crippen molar-refractivity contribution in [1.29, 1.82) is 0 Å². The van der Waals surface area contributed by atoms with E-state index in [9.17, 15) is 22.8 Å². The number of primary amides is 1. The third-order valence-corrected chi connectivity index (χ3v) is 5.62. The summed E-state index contributed by atoms with van der Waals surface area (Å²) in [5.74, 6) is -0.478. The molecule has 0 aromatic carbocycles. The van der Waals surface area contributed by atoms with E-state index in [1.54, 1.807) is 4.90 Å². The molecular weight excluding hydrogens is 326 g/mol. The molecule has 1 aromatic heterocycles. The molecule has 2 heterocycles. The smallest absolute Gasteiger partial charge is 0.330 e. The van der Waals surface area contributed by atoms with Crippen molar-refractivity contribution in [3.63, 3.8) is 0 Å². The molecule has 1 aliphatic heterocycles. The van der Waals surface area contributed by atoms with Crippen LogP contribution in [0.2, 0.25) is 0 Å². The van der Waals surface area contributed by atoms with Crippen LogP contribution >= 0.6 is 0 Å². The molecule has 0 radical (unpaired) electrons. The Labute approximate surface area is 132 Å². The molecule has 1 aromatic rings. The maximum absolute atomic E-state index is 12.6. The van der Waals surface area contributed by atoms with Gasteiger partial charge < -0.3 is 10.3 Å². The van der Waals surface area contributed by atoms with Gasteiger partial charge in [0.1, 0.15) is 0 Å². The Hall–Kier alpha value is -1.98. The van der Waals surface area contributed by atoms with Crippen LogP contribution in [0.25, 0.3) is 0 Å². The van der Waals surface area contributed by atoms with Crippen LogP contribution in [0.3, 0.4) is 0 Å². The zero-order valence-electron chi connectivity index (χ0n) is 12.9. The highest BCUT2D eigenvalue weighted by atomic mass is 32.2. The molecule has 0 saturated carbocycles. The van der Waals surface area contributed by atoms with E-state index in [0.717, 1.165) is 15.3 Å². The van der Waals surface area contributed by atoms with Crippen LogP contribution in [0.4, 0.5) is 0 Å². The van der Waals surface area contributed by atoms with Gasteiger partial charge in [-0.25, -0.2) is 13.2 Å². The number of hydrogen-bond acceptors (Lipinski definition) is 6. The maximum atomic E-state index is 12.6. The van der Waals surface area contributed by atoms with Crippen molar-refractivity contribution in [3.05, 3.63) is 27.0 Å². The number of nitrogens with zero attached hydrogens (tertiary/aromatic N) is 4. The third-order valence-electron chi connectivity index (χ3n) is 3.74. The number of nitrogens with two attached hydrogens (primary N) is 1. The number of sulfonamides is 1. The summed E-state index contributed by atoms with van der Waals surface area (Å²) < 4.78 is 28.3. The first-order valence-corrected chi connectivity index (χ1v) is 8.36. The molecule has 10 nitrogen and oxygen atoms in total. The van der Waals surface area contributed by atoms with Gasteiger partial charge in [0.15, 0.2) is 4.90 Å². The summed E-state index contributed by atoms with van der Waals surface area (Å²) in [6, 6.07) is 0. The molecule has 11 heteroatoms. The highest BCUT2D eigenvalue weighted by Gasteiger charge is 2.31. The van der Waals surface area contributed by atoms with Crippen molar-refractivity contribution in [3.8, 4) is 0 Å². The molecule has 0 bridgehead atoms. The van der Waals surface area contributed by atoms with Crippen LogP contribution in [0, 0.1) is 0 Å². The van der Waals surface area contributed by atoms with E-state index >= 15 is 0 Å². The normalized spacial score (nSPS) is 17.3. The first-order chi connectivity index (χ1) is 10.6. The Morgan fingerprint density at radius 1 is 1.17 bits per heavy atom. The summed E-state index contributed by atoms with van der Waals surface area (Å²) >= 11 is 0. The largest absolute Gasteiger partial charge is 0.369 e. The van der Waals surface area contributed by atoms with Gasteiger partial charge in [-0.15, -0.1) is 0 Å². The predicted octanol–water partition coefficient (Wildman–Crippen LogP) is -3.12. The van der Waals surface area contributed by atoms with E-state index in [4.69, 9.17) is 5.73 Å². The fourth-order valence-corrected chi connectivity index (χ4v) is 4.01. The van der Waals surface area contributed by atoms with Gasteiger partial charge in [0.2, 0.25) is 15.9 Å². The lowest BCUT2D eigenvalue weighted by Gasteiger charge is -2.33. The van der Waals surface area contributed by atoms with E-state index in [-0.39, 0.29) is 19.6 Å². The molecule has 0 atom stereocenters. The van der Waals surface area contributed by atoms with Crippen LogP contribution in [-0.4, -0.2) is 65.4 Å². The summed E-state index contributed by atoms with van der Waals surface area (Å²) in [5.41, 5.74) is 3.66. The van der Waals surface area contributed by atoms with Crippen molar-refractivity contribution in [1.82, 2.24) is 18.3 Å². The second-order valence-electron chi connectivity index (χ2n) is 5.40. The van der Waals surface area contributed by atoms with Crippen LogP contribution in [-0.2, 0) is 28.9 Å². The molecule has 1 amide bonds. The summed E-state index contributed by atoms with van der Waals surface area (Å²) in [6.45, 7) is 1.03. The minimum absolute atomic E-state index is 0.0650. The lowest BCUT2D eigenvalue weighted by molar-refractivity contribution is -0.119. The molecule has 2 N–H and O–H groups in total. The molecule has 1 fully saturated rings. The Bertz CT molecular complexity index is 832. The van der Waals surface area contributed by atoms with Gasteiger partial charge in [-0.05, 0) is 0 Å². The van der Waals surface area contributed by atoms with Gasteiger partial charge in [0, 0.05) is 46.5 Å². The fraction of sp³-hybridized carbons (Fsp3) is 0.583. The Balaban J connectivity index is 2.29. The van der Waals surface area contributed by atoms with E-state index < -0.39 is 32.1 Å². The molecule has 0 aliphatic carbocycles. The molecule has 0 unspecified atom stereocenters. The number of aromatic nitrogens is 2. The second-order valence-corrected chi connectivity index (χ2v) is 7.30. The predicted molar refractivity (Wildman–Crippen MR) is 81.3 cm³/mol. The number of carbonyl (C=O) groups is 1. The minimum Gasteiger partial charge on any atom is -0.369 e. The molecule has 23 heavy (non-hydrogen) atoms. The maximum Gasteiger partial charge on any atom is 0.330 e. The number of piperazine rings is 1. The van der Waals surface area contributed by atoms with Crippen molar-refractivity contribution in [2.24, 2.45) is 19.8 Å². The minimum atomic E-state index is -4.01. The average molecular weight is 345 g/mol. The average Bonchev–Trinajstić information content (AvgIpc) is 2.48. The third kappa shape index (κ3) is 3.35. The summed E-state index contributed by atoms with van der Waals surface area (Å²) in [5, 5.41) is 0. The molecular formula is C12H19N5O5S. The van der Waals surface area contributed by atoms with E-state index in [0.29, 0.717) is 13.1 Å². The zero-order valence-corrected chi connectivity index (χ0v) is 13.7. The Morgan fingerprint density at radius 3 is 2.26 bits per heavy atom. The molecule has 1 saturated heterocycles. The molecule has 0 spiro atoms. The van der Waals surface area contributed by atoms with Crippen LogP contribution in [0.1, 0.15) is 0 Å². The molecule has 1 aliphatic rings. The number of carbonyl (C=O) groups excluding carboxylic acids is 1. The summed E-state index contributed by atoms with van der Waals surface area (Å²) in [4.78, 5) is 36.0. The standard InChI is InChI=1S/C12H19N5O5S/c1-14-7-9(11(19)15(2)12(14)20)23(21,22)17-5-3-16(4-6-17)8-10(13)18/h7H,3-6,8H2,1-2H3,(H2,13,18). The number of hydrogen-bond donors (Lipinski definition) is 1. The van der Waals surface area contributed by atoms with Crippen molar-refractivity contribution >= 4 is 15.9 Å². The molecule has 128 valence electrons. The quantitative estimate of drug-likeness (QED) is 0.615. The molecule has 2 rings (SSSR count). The van der Waals surface area contributed by atoms with Gasteiger partial charge in [-0.2, -0.15) is 4.31 Å². The van der Waals surface area contributed by atoms with E-state index in [2.05, 4.69) is 0 Å². The van der Waals surface area contributed by atoms with Gasteiger partial charge in [0.05, 0.1) is 6.54 Å². The SMILES string of the molecule is Cn1cc(S(=O)(=O)N2CCN(CC(N)=O)CC2)c(=O)n(C)c1=O. The van der Waals surface area contributed by atoms with Gasteiger partial charge in [-0.1, -0.05) is 0 Å². The highest BCUT2D eigenvalue weighted by Crippen LogP contribution is 2.13. The first-order valence-electron chi connectivity index (χ1n) is 6.92.